The number of hydrogen-bond acceptors (Lipinski definition) is 5. The van der Waals surface area contributed by atoms with Gasteiger partial charge in [0.2, 0.25) is 0 Å². The van der Waals surface area contributed by atoms with Crippen molar-refractivity contribution >= 4 is 44.9 Å². The van der Waals surface area contributed by atoms with Crippen molar-refractivity contribution in [3.8, 4) is 39.5 Å². The Bertz CT molecular complexity index is 3170. The summed E-state index contributed by atoms with van der Waals surface area (Å²) in [6.45, 7) is 0. The molecule has 2 atom stereocenters. The van der Waals surface area contributed by atoms with E-state index in [9.17, 15) is 0 Å². The third kappa shape index (κ3) is 3.90. The van der Waals surface area contributed by atoms with Crippen LogP contribution in [0.4, 0.5) is 0 Å². The number of aromatic nitrogens is 2. The summed E-state index contributed by atoms with van der Waals surface area (Å²) in [5.41, 5.74) is 8.22. The molecule has 5 nitrogen and oxygen atoms in total. The molecule has 2 unspecified atom stereocenters. The highest BCUT2D eigenvalue weighted by Gasteiger charge is 2.63. The first-order valence-corrected chi connectivity index (χ1v) is 20.1. The molecule has 2 aliphatic carbocycles. The second-order valence-corrected chi connectivity index (χ2v) is 17.0. The van der Waals surface area contributed by atoms with Crippen LogP contribution in [0.5, 0.6) is 5.75 Å². The number of para-hydroxylation sites is 3. The number of allylic oxidation sites excluding steroid dienone is 1. The predicted molar refractivity (Wildman–Crippen MR) is 219 cm³/mol. The zero-order chi connectivity index (χ0) is 36.3. The van der Waals surface area contributed by atoms with Crippen LogP contribution in [0.2, 0.25) is 0 Å². The number of ether oxygens (including phenoxy) is 1. The van der Waals surface area contributed by atoms with E-state index in [4.69, 9.17) is 19.1 Å². The average molecular weight is 725 g/mol. The molecule has 6 heteroatoms. The highest BCUT2D eigenvalue weighted by Crippen LogP contribution is 2.73. The van der Waals surface area contributed by atoms with Crippen molar-refractivity contribution < 1.29 is 13.7 Å². The van der Waals surface area contributed by atoms with Gasteiger partial charge in [0, 0.05) is 32.8 Å². The van der Waals surface area contributed by atoms with Crippen molar-refractivity contribution in [2.75, 3.05) is 0 Å². The Labute approximate surface area is 316 Å². The topological polar surface area (TPSA) is 65.2 Å². The van der Waals surface area contributed by atoms with Crippen LogP contribution in [0.1, 0.15) is 22.5 Å². The smallest absolute Gasteiger partial charge is 0.178 e. The van der Waals surface area contributed by atoms with Crippen LogP contribution in [0.25, 0.3) is 61.0 Å². The summed E-state index contributed by atoms with van der Waals surface area (Å²) in [6, 6.07) is 59.0. The lowest BCUT2D eigenvalue weighted by molar-refractivity contribution is 0.351. The minimum atomic E-state index is -3.53. The van der Waals surface area contributed by atoms with Crippen molar-refractivity contribution in [2.45, 2.75) is 5.41 Å². The molecule has 0 fully saturated rings. The van der Waals surface area contributed by atoms with E-state index >= 15 is 4.57 Å². The van der Waals surface area contributed by atoms with Gasteiger partial charge in [-0.05, 0) is 46.5 Å². The largest absolute Gasteiger partial charge is 0.459 e. The molecule has 0 bridgehead atoms. The fraction of sp³-hybridized carbons (Fsp3) is 0.0204. The molecule has 2 aromatic heterocycles. The molecule has 0 amide bonds. The Hall–Kier alpha value is -6.81. The summed E-state index contributed by atoms with van der Waals surface area (Å²) in [5, 5.41) is 4.04. The molecule has 7 aromatic carbocycles. The molecule has 258 valence electrons. The van der Waals surface area contributed by atoms with Gasteiger partial charge in [0.1, 0.15) is 28.3 Å². The molecular weight excluding hydrogens is 696 g/mol. The van der Waals surface area contributed by atoms with Crippen LogP contribution < -0.4 is 15.3 Å². The lowest BCUT2D eigenvalue weighted by Crippen LogP contribution is -2.33. The van der Waals surface area contributed by atoms with Gasteiger partial charge in [-0.25, -0.2) is 9.97 Å². The zero-order valence-corrected chi connectivity index (χ0v) is 30.2. The second kappa shape index (κ2) is 11.1. The molecule has 3 aliphatic rings. The third-order valence-corrected chi connectivity index (χ3v) is 14.7. The Morgan fingerprint density at radius 3 is 2.09 bits per heavy atom. The van der Waals surface area contributed by atoms with Gasteiger partial charge < -0.3 is 13.7 Å². The SMILES string of the molecule is O=P1(c2ccccc2)C2=C(Oc3ccccc31)C1(c3ccccc3-c3c(-c4nc(-c5ccccc5)c5ccccc5n4)cccc31)c1oc3ccccc3c12. The molecule has 1 spiro atoms. The first-order chi connectivity index (χ1) is 27.2. The van der Waals surface area contributed by atoms with Crippen molar-refractivity contribution in [3.05, 3.63) is 204 Å². The van der Waals surface area contributed by atoms with Crippen LogP contribution in [0.15, 0.2) is 186 Å². The third-order valence-electron chi connectivity index (χ3n) is 11.5. The summed E-state index contributed by atoms with van der Waals surface area (Å²) in [4.78, 5) is 10.6. The van der Waals surface area contributed by atoms with E-state index in [1.54, 1.807) is 0 Å². The lowest BCUT2D eigenvalue weighted by Gasteiger charge is -2.34. The Morgan fingerprint density at radius 1 is 0.545 bits per heavy atom. The van der Waals surface area contributed by atoms with E-state index in [0.717, 1.165) is 77.6 Å². The Balaban J connectivity index is 1.22. The van der Waals surface area contributed by atoms with Gasteiger partial charge in [0.05, 0.1) is 21.8 Å². The molecule has 0 saturated carbocycles. The highest BCUT2D eigenvalue weighted by molar-refractivity contribution is 7.88. The number of nitrogens with zero attached hydrogens (tertiary/aromatic N) is 2. The van der Waals surface area contributed by atoms with E-state index in [2.05, 4.69) is 72.8 Å². The van der Waals surface area contributed by atoms with Gasteiger partial charge in [-0.15, -0.1) is 0 Å². The maximum Gasteiger partial charge on any atom is 0.178 e. The zero-order valence-electron chi connectivity index (χ0n) is 29.3. The Morgan fingerprint density at radius 2 is 1.22 bits per heavy atom. The molecule has 3 heterocycles. The van der Waals surface area contributed by atoms with Gasteiger partial charge in [-0.3, -0.25) is 0 Å². The first-order valence-electron chi connectivity index (χ1n) is 18.4. The number of fused-ring (bicyclic) bond motifs is 13. The first kappa shape index (κ1) is 30.6. The number of hydrogen-bond donors (Lipinski definition) is 0. The average Bonchev–Trinajstić information content (AvgIpc) is 3.87. The lowest BCUT2D eigenvalue weighted by atomic mass is 9.76. The number of rotatable bonds is 3. The van der Waals surface area contributed by atoms with Crippen molar-refractivity contribution in [2.24, 2.45) is 0 Å². The van der Waals surface area contributed by atoms with E-state index in [0.29, 0.717) is 28.0 Å². The van der Waals surface area contributed by atoms with Gasteiger partial charge in [-0.2, -0.15) is 0 Å². The molecule has 12 rings (SSSR count). The fourth-order valence-corrected chi connectivity index (χ4v) is 12.5. The van der Waals surface area contributed by atoms with Gasteiger partial charge in [-0.1, -0.05) is 152 Å². The molecule has 0 N–H and O–H groups in total. The van der Waals surface area contributed by atoms with E-state index in [1.807, 2.05) is 103 Å². The summed E-state index contributed by atoms with van der Waals surface area (Å²) in [7, 11) is -3.53. The molecular formula is C49H29N2O3P. The van der Waals surface area contributed by atoms with Gasteiger partial charge in [0.15, 0.2) is 13.0 Å². The summed E-state index contributed by atoms with van der Waals surface area (Å²) in [6.07, 6.45) is 0. The molecule has 0 saturated heterocycles. The minimum Gasteiger partial charge on any atom is -0.459 e. The summed E-state index contributed by atoms with van der Waals surface area (Å²) in [5.74, 6) is 2.57. The monoisotopic (exact) mass is 724 g/mol. The number of furan rings is 1. The van der Waals surface area contributed by atoms with E-state index in [1.165, 1.54) is 0 Å². The standard InChI is InChI=1S/C49H29N2O3P/c52-55(31-18-5-2-6-19-31)41-29-14-13-28-40(41)54-47-45(55)43-34-22-9-12-27-39(34)53-46(43)49(47)36-24-10-7-20-32(36)42-35(23-15-25-37(42)49)48-50-38-26-11-8-21-33(38)44(51-48)30-16-3-1-4-17-30/h1-29H. The molecule has 55 heavy (non-hydrogen) atoms. The van der Waals surface area contributed by atoms with Gasteiger partial charge >= 0.3 is 0 Å². The highest BCUT2D eigenvalue weighted by atomic mass is 31.2. The minimum absolute atomic E-state index is 0.592. The van der Waals surface area contributed by atoms with Crippen molar-refractivity contribution in [3.63, 3.8) is 0 Å². The normalized spacial score (nSPS) is 18.8. The number of benzene rings is 7. The summed E-state index contributed by atoms with van der Waals surface area (Å²) >= 11 is 0. The van der Waals surface area contributed by atoms with Crippen LogP contribution in [0.3, 0.4) is 0 Å². The molecule has 0 radical (unpaired) electrons. The van der Waals surface area contributed by atoms with Crippen LogP contribution in [-0.2, 0) is 9.98 Å². The van der Waals surface area contributed by atoms with Crippen molar-refractivity contribution in [1.29, 1.82) is 0 Å². The second-order valence-electron chi connectivity index (χ2n) is 14.3. The van der Waals surface area contributed by atoms with Gasteiger partial charge in [0.25, 0.3) is 0 Å². The van der Waals surface area contributed by atoms with Crippen LogP contribution in [0, 0.1) is 0 Å². The van der Waals surface area contributed by atoms with E-state index in [-0.39, 0.29) is 0 Å². The van der Waals surface area contributed by atoms with Crippen LogP contribution >= 0.6 is 7.14 Å². The molecule has 9 aromatic rings. The predicted octanol–water partition coefficient (Wildman–Crippen LogP) is 11.1. The van der Waals surface area contributed by atoms with E-state index < -0.39 is 12.6 Å². The Kier molecular flexibility index (Phi) is 6.19. The van der Waals surface area contributed by atoms with Crippen LogP contribution in [-0.4, -0.2) is 9.97 Å². The quantitative estimate of drug-likeness (QED) is 0.170. The fourth-order valence-electron chi connectivity index (χ4n) is 9.32. The maximum absolute atomic E-state index is 16.5. The summed E-state index contributed by atoms with van der Waals surface area (Å²) < 4.78 is 30.8. The molecule has 1 aliphatic heterocycles. The van der Waals surface area contributed by atoms with Crippen molar-refractivity contribution in [1.82, 2.24) is 9.97 Å². The maximum atomic E-state index is 16.5.